The van der Waals surface area contributed by atoms with Crippen LogP contribution in [-0.2, 0) is 6.54 Å². The van der Waals surface area contributed by atoms with E-state index in [2.05, 4.69) is 15.6 Å². The standard InChI is InChI=1S/C15H17N3O3S/c1-3-16-14(20)15-18-12(9-22-15)13(19)17-8-10-5-4-6-11(7-10)21-2/h4-7,9H,3,8H2,1-2H3,(H,16,20)(H,17,19). The minimum Gasteiger partial charge on any atom is -0.497 e. The van der Waals surface area contributed by atoms with E-state index in [1.54, 1.807) is 12.5 Å². The minimum absolute atomic E-state index is 0.245. The lowest BCUT2D eigenvalue weighted by Crippen LogP contribution is -2.25. The van der Waals surface area contributed by atoms with Crippen LogP contribution < -0.4 is 15.4 Å². The number of aromatic nitrogens is 1. The Morgan fingerprint density at radius 1 is 1.27 bits per heavy atom. The molecule has 7 heteroatoms. The van der Waals surface area contributed by atoms with Crippen molar-refractivity contribution < 1.29 is 14.3 Å². The third kappa shape index (κ3) is 4.05. The molecule has 0 fully saturated rings. The van der Waals surface area contributed by atoms with Crippen LogP contribution in [-0.4, -0.2) is 30.5 Å². The monoisotopic (exact) mass is 319 g/mol. The molecule has 2 rings (SSSR count). The molecule has 0 aliphatic rings. The van der Waals surface area contributed by atoms with Gasteiger partial charge in [0.25, 0.3) is 11.8 Å². The van der Waals surface area contributed by atoms with Crippen LogP contribution in [0.3, 0.4) is 0 Å². The number of hydrogen-bond donors (Lipinski definition) is 2. The minimum atomic E-state index is -0.311. The zero-order chi connectivity index (χ0) is 15.9. The van der Waals surface area contributed by atoms with E-state index >= 15 is 0 Å². The molecule has 0 spiro atoms. The summed E-state index contributed by atoms with van der Waals surface area (Å²) in [4.78, 5) is 27.7. The van der Waals surface area contributed by atoms with Crippen LogP contribution in [0.15, 0.2) is 29.6 Å². The number of carbonyl (C=O) groups is 2. The van der Waals surface area contributed by atoms with Crippen molar-refractivity contribution in [1.82, 2.24) is 15.6 Å². The number of nitrogens with zero attached hydrogens (tertiary/aromatic N) is 1. The van der Waals surface area contributed by atoms with Crippen LogP contribution in [0.4, 0.5) is 0 Å². The van der Waals surface area contributed by atoms with Crippen molar-refractivity contribution in [2.45, 2.75) is 13.5 Å². The molecule has 6 nitrogen and oxygen atoms in total. The Bertz CT molecular complexity index is 670. The van der Waals surface area contributed by atoms with Crippen LogP contribution in [0.5, 0.6) is 5.75 Å². The van der Waals surface area contributed by atoms with Crippen molar-refractivity contribution in [3.8, 4) is 5.75 Å². The van der Waals surface area contributed by atoms with E-state index in [0.717, 1.165) is 22.6 Å². The molecular weight excluding hydrogens is 302 g/mol. The number of rotatable bonds is 6. The fourth-order valence-electron chi connectivity index (χ4n) is 1.77. The van der Waals surface area contributed by atoms with E-state index < -0.39 is 0 Å². The molecule has 2 aromatic rings. The summed E-state index contributed by atoms with van der Waals surface area (Å²) >= 11 is 1.15. The molecule has 2 amide bonds. The van der Waals surface area contributed by atoms with E-state index in [1.807, 2.05) is 31.2 Å². The number of ether oxygens (including phenoxy) is 1. The van der Waals surface area contributed by atoms with Gasteiger partial charge in [-0.2, -0.15) is 0 Å². The number of hydrogen-bond acceptors (Lipinski definition) is 5. The van der Waals surface area contributed by atoms with Gasteiger partial charge >= 0.3 is 0 Å². The highest BCUT2D eigenvalue weighted by Gasteiger charge is 2.14. The number of methoxy groups -OCH3 is 1. The number of carbonyl (C=O) groups excluding carboxylic acids is 2. The second-order valence-electron chi connectivity index (χ2n) is 4.43. The Morgan fingerprint density at radius 3 is 2.82 bits per heavy atom. The van der Waals surface area contributed by atoms with Crippen molar-refractivity contribution in [3.05, 3.63) is 45.9 Å². The maximum absolute atomic E-state index is 12.0. The molecule has 1 aromatic carbocycles. The van der Waals surface area contributed by atoms with Gasteiger partial charge in [0.15, 0.2) is 5.01 Å². The summed E-state index contributed by atoms with van der Waals surface area (Å²) in [5.41, 5.74) is 1.17. The van der Waals surface area contributed by atoms with E-state index in [0.29, 0.717) is 13.1 Å². The van der Waals surface area contributed by atoms with Gasteiger partial charge in [-0.05, 0) is 24.6 Å². The number of amides is 2. The fraction of sp³-hybridized carbons (Fsp3) is 0.267. The van der Waals surface area contributed by atoms with Crippen LogP contribution in [0.25, 0.3) is 0 Å². The van der Waals surface area contributed by atoms with Gasteiger partial charge < -0.3 is 15.4 Å². The third-order valence-corrected chi connectivity index (χ3v) is 3.70. The highest BCUT2D eigenvalue weighted by Crippen LogP contribution is 2.13. The molecule has 0 bridgehead atoms. The molecule has 0 atom stereocenters. The van der Waals surface area contributed by atoms with Crippen LogP contribution >= 0.6 is 11.3 Å². The number of nitrogens with one attached hydrogen (secondary N) is 2. The molecule has 0 radical (unpaired) electrons. The summed E-state index contributed by atoms with van der Waals surface area (Å²) in [7, 11) is 1.59. The van der Waals surface area contributed by atoms with Crippen LogP contribution in [0, 0.1) is 0 Å². The molecule has 0 aliphatic heterocycles. The van der Waals surface area contributed by atoms with Gasteiger partial charge in [-0.25, -0.2) is 4.98 Å². The van der Waals surface area contributed by atoms with E-state index in [4.69, 9.17) is 4.74 Å². The third-order valence-electron chi connectivity index (χ3n) is 2.86. The molecule has 1 heterocycles. The summed E-state index contributed by atoms with van der Waals surface area (Å²) in [6.07, 6.45) is 0. The predicted molar refractivity (Wildman–Crippen MR) is 84.3 cm³/mol. The Balaban J connectivity index is 1.96. The molecule has 2 N–H and O–H groups in total. The number of thiazole rings is 1. The van der Waals surface area contributed by atoms with Crippen LogP contribution in [0.1, 0.15) is 32.8 Å². The largest absolute Gasteiger partial charge is 0.497 e. The lowest BCUT2D eigenvalue weighted by Gasteiger charge is -2.05. The highest BCUT2D eigenvalue weighted by atomic mass is 32.1. The van der Waals surface area contributed by atoms with E-state index in [1.165, 1.54) is 0 Å². The molecular formula is C15H17N3O3S. The fourth-order valence-corrected chi connectivity index (χ4v) is 2.49. The van der Waals surface area contributed by atoms with Crippen molar-refractivity contribution in [1.29, 1.82) is 0 Å². The van der Waals surface area contributed by atoms with Gasteiger partial charge in [0.1, 0.15) is 11.4 Å². The van der Waals surface area contributed by atoms with Crippen LogP contribution in [0.2, 0.25) is 0 Å². The highest BCUT2D eigenvalue weighted by molar-refractivity contribution is 7.11. The van der Waals surface area contributed by atoms with Gasteiger partial charge in [-0.1, -0.05) is 12.1 Å². The predicted octanol–water partition coefficient (Wildman–Crippen LogP) is 1.83. The lowest BCUT2D eigenvalue weighted by molar-refractivity contribution is 0.0946. The quantitative estimate of drug-likeness (QED) is 0.851. The zero-order valence-corrected chi connectivity index (χ0v) is 13.2. The average Bonchev–Trinajstić information content (AvgIpc) is 3.03. The van der Waals surface area contributed by atoms with Crippen molar-refractivity contribution >= 4 is 23.2 Å². The van der Waals surface area contributed by atoms with Gasteiger partial charge in [0.05, 0.1) is 7.11 Å². The molecule has 1 aromatic heterocycles. The number of benzene rings is 1. The first-order valence-electron chi connectivity index (χ1n) is 6.79. The summed E-state index contributed by atoms with van der Waals surface area (Å²) in [5.74, 6) is 0.160. The Kier molecular flexibility index (Phi) is 5.48. The first-order chi connectivity index (χ1) is 10.6. The normalized spacial score (nSPS) is 10.1. The molecule has 0 saturated carbocycles. The Hall–Kier alpha value is -2.41. The van der Waals surface area contributed by atoms with Gasteiger partial charge in [-0.3, -0.25) is 9.59 Å². The van der Waals surface area contributed by atoms with Gasteiger partial charge in [0.2, 0.25) is 0 Å². The molecule has 0 saturated heterocycles. The maximum atomic E-state index is 12.0. The molecule has 116 valence electrons. The molecule has 22 heavy (non-hydrogen) atoms. The first-order valence-corrected chi connectivity index (χ1v) is 7.67. The second-order valence-corrected chi connectivity index (χ2v) is 5.29. The molecule has 0 unspecified atom stereocenters. The van der Waals surface area contributed by atoms with Gasteiger partial charge in [0, 0.05) is 18.5 Å². The average molecular weight is 319 g/mol. The zero-order valence-electron chi connectivity index (χ0n) is 12.4. The summed E-state index contributed by atoms with van der Waals surface area (Å²) < 4.78 is 5.13. The van der Waals surface area contributed by atoms with Crippen molar-refractivity contribution in [3.63, 3.8) is 0 Å². The topological polar surface area (TPSA) is 80.3 Å². The summed E-state index contributed by atoms with van der Waals surface area (Å²) in [6, 6.07) is 7.44. The summed E-state index contributed by atoms with van der Waals surface area (Å²) in [6.45, 7) is 2.72. The van der Waals surface area contributed by atoms with Gasteiger partial charge in [-0.15, -0.1) is 11.3 Å². The molecule has 0 aliphatic carbocycles. The maximum Gasteiger partial charge on any atom is 0.280 e. The van der Waals surface area contributed by atoms with Crippen molar-refractivity contribution in [2.24, 2.45) is 0 Å². The van der Waals surface area contributed by atoms with Crippen molar-refractivity contribution in [2.75, 3.05) is 13.7 Å². The van der Waals surface area contributed by atoms with E-state index in [-0.39, 0.29) is 22.5 Å². The first kappa shape index (κ1) is 16.0. The second kappa shape index (κ2) is 7.56. The smallest absolute Gasteiger partial charge is 0.280 e. The Morgan fingerprint density at radius 2 is 2.09 bits per heavy atom. The Labute approximate surface area is 132 Å². The van der Waals surface area contributed by atoms with E-state index in [9.17, 15) is 9.59 Å². The SMILES string of the molecule is CCNC(=O)c1nc(C(=O)NCc2cccc(OC)c2)cs1. The lowest BCUT2D eigenvalue weighted by atomic mass is 10.2. The summed E-state index contributed by atoms with van der Waals surface area (Å²) in [5, 5.41) is 7.28.